The van der Waals surface area contributed by atoms with Gasteiger partial charge in [0.05, 0.1) is 20.8 Å². The summed E-state index contributed by atoms with van der Waals surface area (Å²) in [5.41, 5.74) is 2.01. The van der Waals surface area contributed by atoms with Crippen molar-refractivity contribution in [3.05, 3.63) is 82.4 Å². The average Bonchev–Trinajstić information content (AvgIpc) is 3.46. The van der Waals surface area contributed by atoms with Crippen molar-refractivity contribution in [3.63, 3.8) is 0 Å². The molecule has 0 bridgehead atoms. The molecule has 2 aromatic heterocycles. The van der Waals surface area contributed by atoms with Crippen molar-refractivity contribution >= 4 is 11.3 Å². The van der Waals surface area contributed by atoms with Crippen molar-refractivity contribution < 1.29 is 14.0 Å². The van der Waals surface area contributed by atoms with E-state index in [1.165, 1.54) is 4.88 Å². The number of aromatic nitrogens is 2. The van der Waals surface area contributed by atoms with E-state index in [0.717, 1.165) is 29.2 Å². The maximum Gasteiger partial charge on any atom is 0.241 e. The molecule has 2 heterocycles. The lowest BCUT2D eigenvalue weighted by Crippen LogP contribution is -2.22. The number of rotatable bonds is 9. The summed E-state index contributed by atoms with van der Waals surface area (Å²) in [5, 5.41) is 6.25. The molecular formula is C23H23N3O3S. The zero-order chi connectivity index (χ0) is 20.8. The van der Waals surface area contributed by atoms with Crippen molar-refractivity contribution in [3.8, 4) is 22.9 Å². The molecule has 0 radical (unpaired) electrons. The molecule has 0 saturated carbocycles. The number of hydrogen-bond acceptors (Lipinski definition) is 7. The molecule has 0 aliphatic rings. The molecule has 0 fully saturated rings. The van der Waals surface area contributed by atoms with Crippen LogP contribution >= 0.6 is 11.3 Å². The molecule has 2 aromatic carbocycles. The Morgan fingerprint density at radius 1 is 0.900 bits per heavy atom. The van der Waals surface area contributed by atoms with E-state index in [2.05, 4.69) is 38.6 Å². The van der Waals surface area contributed by atoms with Gasteiger partial charge in [-0.3, -0.25) is 4.90 Å². The Kier molecular flexibility index (Phi) is 6.41. The Labute approximate surface area is 179 Å². The minimum absolute atomic E-state index is 0.541. The number of nitrogens with zero attached hydrogens (tertiary/aromatic N) is 3. The highest BCUT2D eigenvalue weighted by Gasteiger charge is 2.16. The van der Waals surface area contributed by atoms with Gasteiger partial charge in [-0.25, -0.2) is 0 Å². The monoisotopic (exact) mass is 421 g/mol. The molecule has 4 rings (SSSR count). The van der Waals surface area contributed by atoms with Crippen molar-refractivity contribution in [2.45, 2.75) is 19.6 Å². The maximum atomic E-state index is 5.56. The van der Waals surface area contributed by atoms with Crippen LogP contribution in [0.3, 0.4) is 0 Å². The van der Waals surface area contributed by atoms with Crippen LogP contribution in [0, 0.1) is 0 Å². The summed E-state index contributed by atoms with van der Waals surface area (Å²) in [6.07, 6.45) is 0. The minimum Gasteiger partial charge on any atom is -0.497 e. The van der Waals surface area contributed by atoms with E-state index >= 15 is 0 Å². The highest BCUT2D eigenvalue weighted by atomic mass is 32.1. The Balaban J connectivity index is 1.53. The molecule has 0 aliphatic carbocycles. The van der Waals surface area contributed by atoms with E-state index in [0.29, 0.717) is 24.8 Å². The Morgan fingerprint density at radius 2 is 1.73 bits per heavy atom. The maximum absolute atomic E-state index is 5.56. The normalized spacial score (nSPS) is 11.0. The number of benzene rings is 2. The summed E-state index contributed by atoms with van der Waals surface area (Å²) < 4.78 is 16.3. The topological polar surface area (TPSA) is 60.6 Å². The number of ether oxygens (including phenoxy) is 2. The van der Waals surface area contributed by atoms with Gasteiger partial charge in [0.1, 0.15) is 11.5 Å². The third-order valence-electron chi connectivity index (χ3n) is 4.72. The standard InChI is InChI=1S/C23H23N3O3S/c1-27-19-11-9-17(10-12-19)23-24-22(29-25-23)16-26(15-20-7-5-13-30-20)14-18-6-3-4-8-21(18)28-2/h3-13H,14-16H2,1-2H3. The van der Waals surface area contributed by atoms with Crippen LogP contribution in [0.2, 0.25) is 0 Å². The first-order valence-corrected chi connectivity index (χ1v) is 10.5. The largest absolute Gasteiger partial charge is 0.497 e. The van der Waals surface area contributed by atoms with Gasteiger partial charge in [-0.1, -0.05) is 29.4 Å². The molecule has 4 aromatic rings. The highest BCUT2D eigenvalue weighted by Crippen LogP contribution is 2.24. The van der Waals surface area contributed by atoms with Gasteiger partial charge in [-0.05, 0) is 41.8 Å². The summed E-state index contributed by atoms with van der Waals surface area (Å²) in [4.78, 5) is 8.15. The van der Waals surface area contributed by atoms with Crippen molar-refractivity contribution in [2.24, 2.45) is 0 Å². The second-order valence-electron chi connectivity index (χ2n) is 6.78. The summed E-state index contributed by atoms with van der Waals surface area (Å²) in [5.74, 6) is 2.81. The predicted molar refractivity (Wildman–Crippen MR) is 117 cm³/mol. The first kappa shape index (κ1) is 20.1. The summed E-state index contributed by atoms with van der Waals surface area (Å²) in [6, 6.07) is 19.9. The average molecular weight is 422 g/mol. The second kappa shape index (κ2) is 9.56. The smallest absolute Gasteiger partial charge is 0.241 e. The van der Waals surface area contributed by atoms with Gasteiger partial charge in [0, 0.05) is 29.1 Å². The molecule has 7 heteroatoms. The Morgan fingerprint density at radius 3 is 2.47 bits per heavy atom. The summed E-state index contributed by atoms with van der Waals surface area (Å²) in [7, 11) is 3.34. The zero-order valence-corrected chi connectivity index (χ0v) is 17.8. The summed E-state index contributed by atoms with van der Waals surface area (Å²) >= 11 is 1.74. The number of methoxy groups -OCH3 is 2. The fraction of sp³-hybridized carbons (Fsp3) is 0.217. The zero-order valence-electron chi connectivity index (χ0n) is 16.9. The van der Waals surface area contributed by atoms with Crippen LogP contribution in [0.25, 0.3) is 11.4 Å². The van der Waals surface area contributed by atoms with Crippen molar-refractivity contribution in [1.82, 2.24) is 15.0 Å². The number of para-hydroxylation sites is 1. The van der Waals surface area contributed by atoms with Crippen LogP contribution in [0.15, 0.2) is 70.6 Å². The molecule has 0 N–H and O–H groups in total. The van der Waals surface area contributed by atoms with Gasteiger partial charge in [0.15, 0.2) is 0 Å². The van der Waals surface area contributed by atoms with Gasteiger partial charge < -0.3 is 14.0 Å². The van der Waals surface area contributed by atoms with E-state index in [-0.39, 0.29) is 0 Å². The lowest BCUT2D eigenvalue weighted by Gasteiger charge is -2.21. The second-order valence-corrected chi connectivity index (χ2v) is 7.81. The third-order valence-corrected chi connectivity index (χ3v) is 5.58. The van der Waals surface area contributed by atoms with E-state index in [4.69, 9.17) is 14.0 Å². The van der Waals surface area contributed by atoms with Crippen LogP contribution in [0.5, 0.6) is 11.5 Å². The van der Waals surface area contributed by atoms with E-state index in [9.17, 15) is 0 Å². The van der Waals surface area contributed by atoms with E-state index in [1.54, 1.807) is 25.6 Å². The minimum atomic E-state index is 0.541. The molecule has 0 amide bonds. The van der Waals surface area contributed by atoms with Crippen LogP contribution < -0.4 is 9.47 Å². The molecular weight excluding hydrogens is 398 g/mol. The molecule has 0 spiro atoms. The lowest BCUT2D eigenvalue weighted by molar-refractivity contribution is 0.210. The van der Waals surface area contributed by atoms with Gasteiger partial charge in [0.2, 0.25) is 11.7 Å². The van der Waals surface area contributed by atoms with Gasteiger partial charge in [0.25, 0.3) is 0 Å². The van der Waals surface area contributed by atoms with Crippen LogP contribution in [-0.4, -0.2) is 29.3 Å². The predicted octanol–water partition coefficient (Wildman–Crippen LogP) is 5.02. The first-order valence-electron chi connectivity index (χ1n) is 9.59. The number of hydrogen-bond donors (Lipinski definition) is 0. The molecule has 0 unspecified atom stereocenters. The first-order chi connectivity index (χ1) is 14.7. The van der Waals surface area contributed by atoms with Crippen LogP contribution in [0.1, 0.15) is 16.3 Å². The highest BCUT2D eigenvalue weighted by molar-refractivity contribution is 7.09. The van der Waals surface area contributed by atoms with Crippen molar-refractivity contribution in [1.29, 1.82) is 0 Å². The quantitative estimate of drug-likeness (QED) is 0.378. The van der Waals surface area contributed by atoms with Gasteiger partial charge in [-0.2, -0.15) is 4.98 Å². The van der Waals surface area contributed by atoms with E-state index < -0.39 is 0 Å². The Hall–Kier alpha value is -3.16. The molecule has 154 valence electrons. The van der Waals surface area contributed by atoms with E-state index in [1.807, 2.05) is 42.5 Å². The SMILES string of the molecule is COc1ccc(-c2noc(CN(Cc3cccs3)Cc3ccccc3OC)n2)cc1. The molecule has 0 aliphatic heterocycles. The lowest BCUT2D eigenvalue weighted by atomic mass is 10.2. The Bertz CT molecular complexity index is 1060. The third kappa shape index (κ3) is 4.87. The summed E-state index contributed by atoms with van der Waals surface area (Å²) in [6.45, 7) is 2.04. The fourth-order valence-corrected chi connectivity index (χ4v) is 3.98. The van der Waals surface area contributed by atoms with Crippen LogP contribution in [-0.2, 0) is 19.6 Å². The van der Waals surface area contributed by atoms with Gasteiger partial charge >= 0.3 is 0 Å². The molecule has 0 atom stereocenters. The number of thiophene rings is 1. The van der Waals surface area contributed by atoms with Crippen molar-refractivity contribution in [2.75, 3.05) is 14.2 Å². The molecule has 0 saturated heterocycles. The molecule has 30 heavy (non-hydrogen) atoms. The van der Waals surface area contributed by atoms with Crippen LogP contribution in [0.4, 0.5) is 0 Å². The van der Waals surface area contributed by atoms with Gasteiger partial charge in [-0.15, -0.1) is 11.3 Å². The fourth-order valence-electron chi connectivity index (χ4n) is 3.23. The molecule has 6 nitrogen and oxygen atoms in total.